The van der Waals surface area contributed by atoms with Crippen molar-refractivity contribution in [2.45, 2.75) is 12.3 Å². The molecule has 0 saturated heterocycles. The van der Waals surface area contributed by atoms with E-state index in [1.54, 1.807) is 0 Å². The predicted molar refractivity (Wildman–Crippen MR) is 70.8 cm³/mol. The Bertz CT molecular complexity index is 758. The Morgan fingerprint density at radius 1 is 1.50 bits per heavy atom. The summed E-state index contributed by atoms with van der Waals surface area (Å²) in [7, 11) is 1.39. The van der Waals surface area contributed by atoms with E-state index in [4.69, 9.17) is 4.74 Å². The monoisotopic (exact) mass is 312 g/mol. The Morgan fingerprint density at radius 3 is 2.86 bits per heavy atom. The first kappa shape index (κ1) is 14.4. The molecule has 3 rings (SSSR count). The molecule has 2 aromatic rings. The van der Waals surface area contributed by atoms with Gasteiger partial charge in [0.2, 0.25) is 0 Å². The number of carbonyl (C=O) groups excluding carboxylic acids is 1. The largest absolute Gasteiger partial charge is 0.474 e. The van der Waals surface area contributed by atoms with Crippen LogP contribution in [0.3, 0.4) is 0 Å². The van der Waals surface area contributed by atoms with Crippen molar-refractivity contribution in [2.24, 2.45) is 4.99 Å². The second kappa shape index (κ2) is 5.00. The van der Waals surface area contributed by atoms with Crippen LogP contribution in [0.1, 0.15) is 27.7 Å². The van der Waals surface area contributed by atoms with Crippen LogP contribution in [0.4, 0.5) is 13.2 Å². The lowest BCUT2D eigenvalue weighted by Crippen LogP contribution is -2.20. The van der Waals surface area contributed by atoms with Crippen molar-refractivity contribution in [1.29, 1.82) is 0 Å². The highest BCUT2D eigenvalue weighted by molar-refractivity contribution is 5.93. The fourth-order valence-electron chi connectivity index (χ4n) is 2.27. The Morgan fingerprint density at radius 2 is 2.27 bits per heavy atom. The molecule has 9 heteroatoms. The molecule has 1 N–H and O–H groups in total. The third kappa shape index (κ3) is 2.28. The van der Waals surface area contributed by atoms with Crippen LogP contribution in [0.5, 0.6) is 0 Å². The summed E-state index contributed by atoms with van der Waals surface area (Å²) in [6, 6.07) is 0.981. The van der Waals surface area contributed by atoms with E-state index in [9.17, 15) is 18.0 Å². The second-order valence-electron chi connectivity index (χ2n) is 4.69. The van der Waals surface area contributed by atoms with E-state index < -0.39 is 23.8 Å². The first-order valence-electron chi connectivity index (χ1n) is 6.36. The van der Waals surface area contributed by atoms with Gasteiger partial charge in [0, 0.05) is 18.8 Å². The maximum absolute atomic E-state index is 13.1. The van der Waals surface area contributed by atoms with Gasteiger partial charge in [-0.2, -0.15) is 13.2 Å². The van der Waals surface area contributed by atoms with Gasteiger partial charge < -0.3 is 10.1 Å². The van der Waals surface area contributed by atoms with E-state index in [0.29, 0.717) is 0 Å². The van der Waals surface area contributed by atoms with Crippen molar-refractivity contribution >= 4 is 18.0 Å². The van der Waals surface area contributed by atoms with Crippen LogP contribution < -0.4 is 5.32 Å². The highest BCUT2D eigenvalue weighted by atomic mass is 19.4. The number of alkyl halides is 3. The van der Waals surface area contributed by atoms with E-state index in [0.717, 1.165) is 16.7 Å². The standard InChI is InChI=1S/C13H11F3N4O2/c1-17-12(21)9-3-19-11-8(10-4-18-6-22-10)2-7(5-20(9)11)13(14,15)16/h2-3,5-6,10H,4H2,1H3,(H,17,21). The zero-order chi connectivity index (χ0) is 15.9. The van der Waals surface area contributed by atoms with E-state index in [1.807, 2.05) is 0 Å². The van der Waals surface area contributed by atoms with Gasteiger partial charge in [0.1, 0.15) is 17.4 Å². The molecule has 116 valence electrons. The summed E-state index contributed by atoms with van der Waals surface area (Å²) < 4.78 is 45.6. The topological polar surface area (TPSA) is 68.0 Å². The highest BCUT2D eigenvalue weighted by Gasteiger charge is 2.34. The van der Waals surface area contributed by atoms with Crippen LogP contribution in [-0.4, -0.2) is 35.3 Å². The lowest BCUT2D eigenvalue weighted by molar-refractivity contribution is -0.138. The molecule has 0 radical (unpaired) electrons. The quantitative estimate of drug-likeness (QED) is 0.919. The lowest BCUT2D eigenvalue weighted by atomic mass is 10.1. The minimum Gasteiger partial charge on any atom is -0.474 e. The van der Waals surface area contributed by atoms with Crippen molar-refractivity contribution in [1.82, 2.24) is 14.7 Å². The summed E-state index contributed by atoms with van der Waals surface area (Å²) in [6.07, 6.45) is -1.92. The van der Waals surface area contributed by atoms with Crippen molar-refractivity contribution in [3.8, 4) is 0 Å². The number of amides is 1. The highest BCUT2D eigenvalue weighted by Crippen LogP contribution is 2.34. The smallest absolute Gasteiger partial charge is 0.417 e. The third-order valence-electron chi connectivity index (χ3n) is 3.34. The number of ether oxygens (including phenoxy) is 1. The maximum atomic E-state index is 13.1. The van der Waals surface area contributed by atoms with E-state index in [-0.39, 0.29) is 23.4 Å². The number of nitrogens with zero attached hydrogens (tertiary/aromatic N) is 3. The molecule has 6 nitrogen and oxygen atoms in total. The Labute approximate surface area is 122 Å². The number of pyridine rings is 1. The van der Waals surface area contributed by atoms with Gasteiger partial charge in [0.05, 0.1) is 18.3 Å². The van der Waals surface area contributed by atoms with Crippen LogP contribution in [0, 0.1) is 0 Å². The summed E-state index contributed by atoms with van der Waals surface area (Å²) in [6.45, 7) is 0.207. The molecule has 22 heavy (non-hydrogen) atoms. The zero-order valence-electron chi connectivity index (χ0n) is 11.4. The van der Waals surface area contributed by atoms with Gasteiger partial charge in [-0.15, -0.1) is 0 Å². The molecule has 0 fully saturated rings. The van der Waals surface area contributed by atoms with Crippen LogP contribution in [0.2, 0.25) is 0 Å². The Kier molecular flexibility index (Phi) is 3.27. The third-order valence-corrected chi connectivity index (χ3v) is 3.34. The van der Waals surface area contributed by atoms with E-state index >= 15 is 0 Å². The summed E-state index contributed by atoms with van der Waals surface area (Å²) in [5.41, 5.74) is -0.387. The number of rotatable bonds is 2. The van der Waals surface area contributed by atoms with E-state index in [2.05, 4.69) is 15.3 Å². The maximum Gasteiger partial charge on any atom is 0.417 e. The van der Waals surface area contributed by atoms with Crippen molar-refractivity contribution in [3.05, 3.63) is 35.3 Å². The van der Waals surface area contributed by atoms with Gasteiger partial charge in [-0.25, -0.2) is 4.98 Å². The van der Waals surface area contributed by atoms with Crippen molar-refractivity contribution < 1.29 is 22.7 Å². The number of aliphatic imine (C=N–C) groups is 1. The van der Waals surface area contributed by atoms with Crippen LogP contribution in [0.25, 0.3) is 5.65 Å². The summed E-state index contributed by atoms with van der Waals surface area (Å²) in [4.78, 5) is 19.7. The minimum atomic E-state index is -4.55. The number of fused-ring (bicyclic) bond motifs is 1. The number of carbonyl (C=O) groups is 1. The molecular weight excluding hydrogens is 301 g/mol. The molecule has 1 aliphatic heterocycles. The number of aromatic nitrogens is 2. The van der Waals surface area contributed by atoms with Gasteiger partial charge in [-0.05, 0) is 6.07 Å². The Balaban J connectivity index is 2.24. The molecule has 1 atom stereocenters. The molecule has 0 aliphatic carbocycles. The SMILES string of the molecule is CNC(=O)c1cnc2c(C3CN=CO3)cc(C(F)(F)F)cn12. The number of imidazole rings is 1. The van der Waals surface area contributed by atoms with Crippen LogP contribution in [0.15, 0.2) is 23.5 Å². The fraction of sp³-hybridized carbons (Fsp3) is 0.308. The number of halogens is 3. The minimum absolute atomic E-state index is 0.0174. The normalized spacial score (nSPS) is 17.7. The zero-order valence-corrected chi connectivity index (χ0v) is 11.4. The molecule has 1 unspecified atom stereocenters. The fourth-order valence-corrected chi connectivity index (χ4v) is 2.27. The molecule has 1 amide bonds. The van der Waals surface area contributed by atoms with Crippen LogP contribution >= 0.6 is 0 Å². The van der Waals surface area contributed by atoms with Gasteiger partial charge in [0.25, 0.3) is 5.91 Å². The second-order valence-corrected chi connectivity index (χ2v) is 4.69. The molecule has 1 aliphatic rings. The van der Waals surface area contributed by atoms with Gasteiger partial charge in [-0.3, -0.25) is 14.2 Å². The number of nitrogens with one attached hydrogen (secondary N) is 1. The molecule has 3 heterocycles. The molecule has 0 saturated carbocycles. The summed E-state index contributed by atoms with van der Waals surface area (Å²) >= 11 is 0. The molecule has 2 aromatic heterocycles. The van der Waals surface area contributed by atoms with Crippen molar-refractivity contribution in [3.63, 3.8) is 0 Å². The van der Waals surface area contributed by atoms with Gasteiger partial charge in [-0.1, -0.05) is 0 Å². The first-order valence-corrected chi connectivity index (χ1v) is 6.36. The van der Waals surface area contributed by atoms with Crippen molar-refractivity contribution in [2.75, 3.05) is 13.6 Å². The van der Waals surface area contributed by atoms with Crippen LogP contribution in [-0.2, 0) is 10.9 Å². The predicted octanol–water partition coefficient (Wildman–Crippen LogP) is 1.81. The number of hydrogen-bond donors (Lipinski definition) is 1. The molecular formula is C13H11F3N4O2. The lowest BCUT2D eigenvalue weighted by Gasteiger charge is -2.15. The molecule has 0 aromatic carbocycles. The Hall–Kier alpha value is -2.58. The average molecular weight is 312 g/mol. The summed E-state index contributed by atoms with van der Waals surface area (Å²) in [5, 5.41) is 2.37. The molecule has 0 bridgehead atoms. The number of hydrogen-bond acceptors (Lipinski definition) is 4. The summed E-state index contributed by atoms with van der Waals surface area (Å²) in [5.74, 6) is -0.527. The average Bonchev–Trinajstić information content (AvgIpc) is 3.13. The molecule has 0 spiro atoms. The van der Waals surface area contributed by atoms with Gasteiger partial charge in [0.15, 0.2) is 6.40 Å². The van der Waals surface area contributed by atoms with E-state index in [1.165, 1.54) is 19.6 Å². The first-order chi connectivity index (χ1) is 10.4. The van der Waals surface area contributed by atoms with Gasteiger partial charge >= 0.3 is 6.18 Å².